The number of aryl methyl sites for hydroxylation is 3. The zero-order chi connectivity index (χ0) is 15.6. The van der Waals surface area contributed by atoms with Gasteiger partial charge in [0.05, 0.1) is 23.5 Å². The van der Waals surface area contributed by atoms with E-state index in [0.717, 1.165) is 39.8 Å². The summed E-state index contributed by atoms with van der Waals surface area (Å²) in [6, 6.07) is 5.91. The molecule has 0 spiro atoms. The van der Waals surface area contributed by atoms with Crippen molar-refractivity contribution < 1.29 is 4.74 Å². The first-order chi connectivity index (χ1) is 9.97. The second-order valence-corrected chi connectivity index (χ2v) is 5.58. The zero-order valence-electron chi connectivity index (χ0n) is 13.0. The topological polar surface area (TPSA) is 53.1 Å². The Morgan fingerprint density at radius 1 is 1.38 bits per heavy atom. The lowest BCUT2D eigenvalue weighted by Gasteiger charge is -2.15. The quantitative estimate of drug-likeness (QED) is 0.921. The Labute approximate surface area is 130 Å². The second kappa shape index (κ2) is 6.50. The first-order valence-corrected chi connectivity index (χ1v) is 7.47. The monoisotopic (exact) mass is 307 g/mol. The minimum Gasteiger partial charge on any atom is -0.496 e. The third-order valence-corrected chi connectivity index (χ3v) is 4.20. The normalized spacial score (nSPS) is 12.5. The summed E-state index contributed by atoms with van der Waals surface area (Å²) in [5.41, 5.74) is 10.4. The molecule has 1 heterocycles. The van der Waals surface area contributed by atoms with Gasteiger partial charge in [0.15, 0.2) is 0 Å². The van der Waals surface area contributed by atoms with Crippen LogP contribution in [0.5, 0.6) is 5.75 Å². The van der Waals surface area contributed by atoms with E-state index < -0.39 is 0 Å². The third-order valence-electron chi connectivity index (χ3n) is 3.71. The van der Waals surface area contributed by atoms with E-state index in [-0.39, 0.29) is 6.04 Å². The molecule has 1 aromatic heterocycles. The molecule has 0 saturated heterocycles. The third kappa shape index (κ3) is 3.22. The summed E-state index contributed by atoms with van der Waals surface area (Å²) < 4.78 is 7.21. The number of nitrogens with two attached hydrogens (primary N) is 1. The average Bonchev–Trinajstić information content (AvgIpc) is 2.74. The summed E-state index contributed by atoms with van der Waals surface area (Å²) >= 11 is 6.34. The number of hydrogen-bond acceptors (Lipinski definition) is 3. The molecule has 0 fully saturated rings. The molecule has 0 aliphatic carbocycles. The van der Waals surface area contributed by atoms with Crippen LogP contribution in [0.2, 0.25) is 5.02 Å². The number of rotatable bonds is 5. The van der Waals surface area contributed by atoms with Crippen molar-refractivity contribution in [1.29, 1.82) is 0 Å². The van der Waals surface area contributed by atoms with Gasteiger partial charge < -0.3 is 10.5 Å². The van der Waals surface area contributed by atoms with E-state index in [1.165, 1.54) is 0 Å². The molecule has 0 aliphatic heterocycles. The van der Waals surface area contributed by atoms with Crippen molar-refractivity contribution in [2.45, 2.75) is 39.8 Å². The lowest BCUT2D eigenvalue weighted by atomic mass is 10.0. The van der Waals surface area contributed by atoms with Crippen molar-refractivity contribution in [3.63, 3.8) is 0 Å². The zero-order valence-corrected chi connectivity index (χ0v) is 13.7. The number of methoxy groups -OCH3 is 1. The maximum absolute atomic E-state index is 6.35. The highest BCUT2D eigenvalue weighted by atomic mass is 35.5. The first-order valence-electron chi connectivity index (χ1n) is 7.09. The molecule has 1 aromatic carbocycles. The predicted molar refractivity (Wildman–Crippen MR) is 86.0 cm³/mol. The van der Waals surface area contributed by atoms with Gasteiger partial charge in [0, 0.05) is 19.0 Å². The van der Waals surface area contributed by atoms with Gasteiger partial charge in [-0.05, 0) is 38.0 Å². The molecule has 2 rings (SSSR count). The van der Waals surface area contributed by atoms with E-state index in [2.05, 4.69) is 18.1 Å². The first kappa shape index (κ1) is 15.9. The summed E-state index contributed by atoms with van der Waals surface area (Å²) in [6.45, 7) is 6.77. The van der Waals surface area contributed by atoms with Crippen LogP contribution in [0.4, 0.5) is 0 Å². The highest BCUT2D eigenvalue weighted by Gasteiger charge is 2.17. The number of hydrogen-bond donors (Lipinski definition) is 1. The van der Waals surface area contributed by atoms with E-state index in [1.54, 1.807) is 7.11 Å². The highest BCUT2D eigenvalue weighted by Crippen LogP contribution is 2.27. The molecule has 114 valence electrons. The number of nitrogens with zero attached hydrogens (tertiary/aromatic N) is 2. The molecule has 0 bridgehead atoms. The number of aromatic nitrogens is 2. The van der Waals surface area contributed by atoms with Crippen LogP contribution in [0.15, 0.2) is 18.2 Å². The van der Waals surface area contributed by atoms with Crippen LogP contribution in [-0.4, -0.2) is 16.9 Å². The molecule has 4 nitrogen and oxygen atoms in total. The van der Waals surface area contributed by atoms with Crippen molar-refractivity contribution in [2.24, 2.45) is 5.73 Å². The van der Waals surface area contributed by atoms with Crippen molar-refractivity contribution in [2.75, 3.05) is 7.11 Å². The molecule has 0 radical (unpaired) electrons. The molecule has 1 unspecified atom stereocenters. The lowest BCUT2D eigenvalue weighted by molar-refractivity contribution is 0.411. The lowest BCUT2D eigenvalue weighted by Crippen LogP contribution is -2.16. The minimum atomic E-state index is -0.117. The molecule has 0 aliphatic rings. The maximum Gasteiger partial charge on any atom is 0.121 e. The molecule has 1 atom stereocenters. The van der Waals surface area contributed by atoms with Crippen LogP contribution >= 0.6 is 11.6 Å². The van der Waals surface area contributed by atoms with Crippen LogP contribution < -0.4 is 10.5 Å². The van der Waals surface area contributed by atoms with Gasteiger partial charge in [-0.3, -0.25) is 4.68 Å². The van der Waals surface area contributed by atoms with Gasteiger partial charge in [-0.1, -0.05) is 23.7 Å². The molecule has 2 aromatic rings. The Kier molecular flexibility index (Phi) is 4.91. The van der Waals surface area contributed by atoms with Crippen molar-refractivity contribution in [1.82, 2.24) is 9.78 Å². The van der Waals surface area contributed by atoms with Gasteiger partial charge in [-0.2, -0.15) is 5.10 Å². The van der Waals surface area contributed by atoms with Gasteiger partial charge in [0.1, 0.15) is 5.75 Å². The molecule has 0 amide bonds. The Hall–Kier alpha value is -1.52. The van der Waals surface area contributed by atoms with Gasteiger partial charge in [0.25, 0.3) is 0 Å². The minimum absolute atomic E-state index is 0.117. The summed E-state index contributed by atoms with van der Waals surface area (Å²) in [5.74, 6) is 0.874. The summed E-state index contributed by atoms with van der Waals surface area (Å²) in [4.78, 5) is 0. The number of benzene rings is 1. The Morgan fingerprint density at radius 3 is 2.67 bits per heavy atom. The fourth-order valence-corrected chi connectivity index (χ4v) is 2.73. The van der Waals surface area contributed by atoms with Crippen LogP contribution in [0.25, 0.3) is 0 Å². The van der Waals surface area contributed by atoms with Crippen molar-refractivity contribution >= 4 is 11.6 Å². The fourth-order valence-electron chi connectivity index (χ4n) is 2.52. The van der Waals surface area contributed by atoms with E-state index in [0.29, 0.717) is 6.42 Å². The van der Waals surface area contributed by atoms with Gasteiger partial charge in [-0.15, -0.1) is 0 Å². The molecular weight excluding hydrogens is 286 g/mol. The van der Waals surface area contributed by atoms with Crippen molar-refractivity contribution in [3.8, 4) is 5.75 Å². The largest absolute Gasteiger partial charge is 0.496 e. The Bertz CT molecular complexity index is 637. The van der Waals surface area contributed by atoms with E-state index in [4.69, 9.17) is 22.1 Å². The standard InChI is InChI=1S/C16H22ClN3O/c1-5-20-14(16(17)11(3)19-20)9-13(18)12-6-7-15(21-4)10(2)8-12/h6-8,13H,5,9,18H2,1-4H3. The Balaban J connectivity index is 2.25. The second-order valence-electron chi connectivity index (χ2n) is 5.20. The predicted octanol–water partition coefficient (Wildman–Crippen LogP) is 3.42. The van der Waals surface area contributed by atoms with E-state index in [1.807, 2.05) is 30.7 Å². The highest BCUT2D eigenvalue weighted by molar-refractivity contribution is 6.31. The van der Waals surface area contributed by atoms with Crippen LogP contribution in [-0.2, 0) is 13.0 Å². The van der Waals surface area contributed by atoms with Gasteiger partial charge in [-0.25, -0.2) is 0 Å². The van der Waals surface area contributed by atoms with E-state index >= 15 is 0 Å². The number of halogens is 1. The smallest absolute Gasteiger partial charge is 0.121 e. The molecule has 21 heavy (non-hydrogen) atoms. The van der Waals surface area contributed by atoms with Crippen LogP contribution in [0.1, 0.15) is 35.5 Å². The van der Waals surface area contributed by atoms with Crippen LogP contribution in [0.3, 0.4) is 0 Å². The Morgan fingerprint density at radius 2 is 2.10 bits per heavy atom. The molecule has 0 saturated carbocycles. The maximum atomic E-state index is 6.35. The van der Waals surface area contributed by atoms with Gasteiger partial charge in [0.2, 0.25) is 0 Å². The summed E-state index contributed by atoms with van der Waals surface area (Å²) in [6.07, 6.45) is 0.666. The number of ether oxygens (including phenoxy) is 1. The average molecular weight is 308 g/mol. The summed E-state index contributed by atoms with van der Waals surface area (Å²) in [5, 5.41) is 5.15. The molecule has 5 heteroatoms. The van der Waals surface area contributed by atoms with Crippen molar-refractivity contribution in [3.05, 3.63) is 45.7 Å². The summed E-state index contributed by atoms with van der Waals surface area (Å²) in [7, 11) is 1.67. The van der Waals surface area contributed by atoms with Gasteiger partial charge >= 0.3 is 0 Å². The molecule has 2 N–H and O–H groups in total. The van der Waals surface area contributed by atoms with Crippen LogP contribution in [0, 0.1) is 13.8 Å². The van der Waals surface area contributed by atoms with E-state index in [9.17, 15) is 0 Å². The SMILES string of the molecule is CCn1nc(C)c(Cl)c1CC(N)c1ccc(OC)c(C)c1. The molecular formula is C16H22ClN3O. The fraction of sp³-hybridized carbons (Fsp3) is 0.438.